The molecule has 0 aromatic rings. The monoisotopic (exact) mass is 287 g/mol. The first-order valence-electron chi connectivity index (χ1n) is 7.52. The van der Waals surface area contributed by atoms with Crippen LogP contribution in [0.2, 0.25) is 0 Å². The maximum atomic E-state index is 12.0. The summed E-state index contributed by atoms with van der Waals surface area (Å²) < 4.78 is 10.2. The zero-order valence-corrected chi connectivity index (χ0v) is 13.4. The quantitative estimate of drug-likeness (QED) is 0.522. The van der Waals surface area contributed by atoms with Crippen LogP contribution in [0.5, 0.6) is 0 Å². The van der Waals surface area contributed by atoms with Gasteiger partial charge in [-0.15, -0.1) is 0 Å². The lowest BCUT2D eigenvalue weighted by molar-refractivity contribution is -0.147. The smallest absolute Gasteiger partial charge is 0.407 e. The molecule has 2 unspecified atom stereocenters. The highest BCUT2D eigenvalue weighted by molar-refractivity contribution is 5.81. The van der Waals surface area contributed by atoms with Crippen molar-refractivity contribution in [3.05, 3.63) is 0 Å². The van der Waals surface area contributed by atoms with Crippen LogP contribution in [0, 0.1) is 11.8 Å². The van der Waals surface area contributed by atoms with Crippen molar-refractivity contribution in [1.82, 2.24) is 5.32 Å². The molecule has 0 aromatic carbocycles. The molecule has 20 heavy (non-hydrogen) atoms. The van der Waals surface area contributed by atoms with Crippen LogP contribution in [0.1, 0.15) is 53.9 Å². The van der Waals surface area contributed by atoms with E-state index >= 15 is 0 Å². The highest BCUT2D eigenvalue weighted by Crippen LogP contribution is 2.10. The molecule has 0 aromatic heterocycles. The van der Waals surface area contributed by atoms with Crippen molar-refractivity contribution in [3.8, 4) is 0 Å². The Bertz CT molecular complexity index is 292. The Morgan fingerprint density at radius 1 is 1.10 bits per heavy atom. The van der Waals surface area contributed by atoms with Gasteiger partial charge in [0.2, 0.25) is 0 Å². The summed E-state index contributed by atoms with van der Waals surface area (Å²) in [7, 11) is 0. The van der Waals surface area contributed by atoms with Crippen LogP contribution in [0.25, 0.3) is 0 Å². The van der Waals surface area contributed by atoms with Crippen molar-refractivity contribution in [2.24, 2.45) is 11.8 Å². The fraction of sp³-hybridized carbons (Fsp3) is 0.867. The van der Waals surface area contributed by atoms with Gasteiger partial charge >= 0.3 is 12.1 Å². The molecule has 0 aliphatic rings. The van der Waals surface area contributed by atoms with Gasteiger partial charge < -0.3 is 14.8 Å². The van der Waals surface area contributed by atoms with E-state index in [1.165, 1.54) is 0 Å². The highest BCUT2D eigenvalue weighted by atomic mass is 16.6. The third kappa shape index (κ3) is 8.02. The maximum Gasteiger partial charge on any atom is 0.407 e. The molecule has 1 N–H and O–H groups in total. The van der Waals surface area contributed by atoms with Gasteiger partial charge in [0.1, 0.15) is 6.04 Å². The number of unbranched alkanes of at least 4 members (excludes halogenated alkanes) is 1. The van der Waals surface area contributed by atoms with Gasteiger partial charge in [-0.1, -0.05) is 47.5 Å². The van der Waals surface area contributed by atoms with Crippen LogP contribution >= 0.6 is 0 Å². The van der Waals surface area contributed by atoms with E-state index < -0.39 is 12.1 Å². The normalized spacial score (nSPS) is 13.7. The van der Waals surface area contributed by atoms with E-state index in [-0.39, 0.29) is 17.8 Å². The van der Waals surface area contributed by atoms with Gasteiger partial charge in [0.25, 0.3) is 0 Å². The number of rotatable bonds is 9. The Labute approximate surface area is 122 Å². The predicted molar refractivity (Wildman–Crippen MR) is 78.4 cm³/mol. The number of hydrogen-bond donors (Lipinski definition) is 1. The molecule has 0 fully saturated rings. The van der Waals surface area contributed by atoms with E-state index in [4.69, 9.17) is 9.47 Å². The molecule has 5 nitrogen and oxygen atoms in total. The summed E-state index contributed by atoms with van der Waals surface area (Å²) in [5.74, 6) is -0.107. The lowest BCUT2D eigenvalue weighted by atomic mass is 9.99. The van der Waals surface area contributed by atoms with Crippen LogP contribution in [-0.4, -0.2) is 31.3 Å². The first-order chi connectivity index (χ1) is 9.42. The summed E-state index contributed by atoms with van der Waals surface area (Å²) in [6.07, 6.45) is 2.01. The second-order valence-corrected chi connectivity index (χ2v) is 5.52. The molecule has 0 aliphatic carbocycles. The number of amides is 1. The number of carbonyl (C=O) groups is 2. The molecule has 0 rings (SSSR count). The van der Waals surface area contributed by atoms with Gasteiger partial charge in [0.15, 0.2) is 0 Å². The summed E-state index contributed by atoms with van der Waals surface area (Å²) >= 11 is 0. The second kappa shape index (κ2) is 10.5. The predicted octanol–water partition coefficient (Wildman–Crippen LogP) is 3.13. The van der Waals surface area contributed by atoms with Crippen LogP contribution in [0.4, 0.5) is 4.79 Å². The lowest BCUT2D eigenvalue weighted by Gasteiger charge is -2.22. The molecule has 0 heterocycles. The zero-order valence-electron chi connectivity index (χ0n) is 13.4. The Balaban J connectivity index is 4.40. The Kier molecular flexibility index (Phi) is 9.86. The van der Waals surface area contributed by atoms with Gasteiger partial charge in [0.05, 0.1) is 13.2 Å². The van der Waals surface area contributed by atoms with Crippen LogP contribution < -0.4 is 5.32 Å². The first-order valence-corrected chi connectivity index (χ1v) is 7.52. The molecule has 0 saturated heterocycles. The van der Waals surface area contributed by atoms with E-state index in [1.54, 1.807) is 0 Å². The fourth-order valence-corrected chi connectivity index (χ4v) is 1.49. The van der Waals surface area contributed by atoms with Crippen molar-refractivity contribution >= 4 is 12.1 Å². The van der Waals surface area contributed by atoms with E-state index in [0.29, 0.717) is 13.2 Å². The van der Waals surface area contributed by atoms with Crippen LogP contribution in [0.15, 0.2) is 0 Å². The highest BCUT2D eigenvalue weighted by Gasteiger charge is 2.27. The average Bonchev–Trinajstić information content (AvgIpc) is 2.41. The van der Waals surface area contributed by atoms with E-state index in [9.17, 15) is 9.59 Å². The van der Waals surface area contributed by atoms with Crippen molar-refractivity contribution < 1.29 is 19.1 Å². The van der Waals surface area contributed by atoms with Crippen LogP contribution in [0.3, 0.4) is 0 Å². The summed E-state index contributed by atoms with van der Waals surface area (Å²) in [5.41, 5.74) is 0. The molecule has 0 radical (unpaired) electrons. The SMILES string of the molecule is CCCCOC(=O)C(NC(=O)OCC(C)C)C(C)CC. The van der Waals surface area contributed by atoms with Crippen molar-refractivity contribution in [2.75, 3.05) is 13.2 Å². The molecule has 5 heteroatoms. The van der Waals surface area contributed by atoms with Gasteiger partial charge in [-0.3, -0.25) is 0 Å². The van der Waals surface area contributed by atoms with E-state index in [1.807, 2.05) is 34.6 Å². The number of ether oxygens (including phenoxy) is 2. The molecule has 0 aliphatic heterocycles. The third-order valence-corrected chi connectivity index (χ3v) is 3.03. The molecule has 0 saturated carbocycles. The van der Waals surface area contributed by atoms with Crippen molar-refractivity contribution in [1.29, 1.82) is 0 Å². The summed E-state index contributed by atoms with van der Waals surface area (Å²) in [4.78, 5) is 23.7. The number of carbonyl (C=O) groups excluding carboxylic acids is 2. The standard InChI is InChI=1S/C15H29NO4/c1-6-8-9-19-14(17)13(12(5)7-2)16-15(18)20-10-11(3)4/h11-13H,6-10H2,1-5H3,(H,16,18). The van der Waals surface area contributed by atoms with Crippen molar-refractivity contribution in [2.45, 2.75) is 59.9 Å². The zero-order chi connectivity index (χ0) is 15.5. The van der Waals surface area contributed by atoms with Gasteiger partial charge in [-0.05, 0) is 18.3 Å². The van der Waals surface area contributed by atoms with Gasteiger partial charge in [-0.2, -0.15) is 0 Å². The van der Waals surface area contributed by atoms with Gasteiger partial charge in [0, 0.05) is 0 Å². The largest absolute Gasteiger partial charge is 0.464 e. The number of alkyl carbamates (subject to hydrolysis) is 1. The Hall–Kier alpha value is -1.26. The second-order valence-electron chi connectivity index (χ2n) is 5.52. The lowest BCUT2D eigenvalue weighted by Crippen LogP contribution is -2.46. The molecule has 0 spiro atoms. The molecule has 2 atom stereocenters. The Morgan fingerprint density at radius 3 is 2.25 bits per heavy atom. The van der Waals surface area contributed by atoms with E-state index in [0.717, 1.165) is 19.3 Å². The topological polar surface area (TPSA) is 64.6 Å². The molecule has 118 valence electrons. The minimum atomic E-state index is -0.642. The summed E-state index contributed by atoms with van der Waals surface area (Å²) in [6, 6.07) is -0.642. The first kappa shape index (κ1) is 18.7. The van der Waals surface area contributed by atoms with E-state index in [2.05, 4.69) is 5.32 Å². The molecule has 0 bridgehead atoms. The fourth-order valence-electron chi connectivity index (χ4n) is 1.49. The number of nitrogens with one attached hydrogen (secondary N) is 1. The Morgan fingerprint density at radius 2 is 1.75 bits per heavy atom. The minimum Gasteiger partial charge on any atom is -0.464 e. The third-order valence-electron chi connectivity index (χ3n) is 3.03. The number of hydrogen-bond acceptors (Lipinski definition) is 4. The number of esters is 1. The van der Waals surface area contributed by atoms with Crippen molar-refractivity contribution in [3.63, 3.8) is 0 Å². The average molecular weight is 287 g/mol. The molecular formula is C15H29NO4. The summed E-state index contributed by atoms with van der Waals surface area (Å²) in [6.45, 7) is 10.6. The minimum absolute atomic E-state index is 0.00993. The maximum absolute atomic E-state index is 12.0. The molecular weight excluding hydrogens is 258 g/mol. The molecule has 1 amide bonds. The van der Waals surface area contributed by atoms with Gasteiger partial charge in [-0.25, -0.2) is 9.59 Å². The summed E-state index contributed by atoms with van der Waals surface area (Å²) in [5, 5.41) is 2.61. The van der Waals surface area contributed by atoms with Crippen LogP contribution in [-0.2, 0) is 14.3 Å².